The molecule has 2 aromatic rings. The lowest BCUT2D eigenvalue weighted by molar-refractivity contribution is 0.102. The van der Waals surface area contributed by atoms with E-state index in [4.69, 9.17) is 11.6 Å². The van der Waals surface area contributed by atoms with Crippen molar-refractivity contribution in [2.75, 3.05) is 5.32 Å². The standard InChI is InChI=1S/C12H14ClN5O/c1-7(2)18-6-9(5-14-18)16-11(19)10-4-8(3)15-12(13)17-10/h4-7H,1-3H3,(H,16,19). The summed E-state index contributed by atoms with van der Waals surface area (Å²) in [7, 11) is 0. The van der Waals surface area contributed by atoms with Crippen LogP contribution in [0.1, 0.15) is 36.1 Å². The highest BCUT2D eigenvalue weighted by molar-refractivity contribution is 6.28. The Morgan fingerprint density at radius 3 is 2.74 bits per heavy atom. The summed E-state index contributed by atoms with van der Waals surface area (Å²) in [6.45, 7) is 5.76. The van der Waals surface area contributed by atoms with Crippen LogP contribution in [0.3, 0.4) is 0 Å². The predicted molar refractivity (Wildman–Crippen MR) is 72.3 cm³/mol. The number of aryl methyl sites for hydroxylation is 1. The Hall–Kier alpha value is -1.95. The van der Waals surface area contributed by atoms with Crippen molar-refractivity contribution < 1.29 is 4.79 Å². The van der Waals surface area contributed by atoms with Crippen LogP contribution in [0, 0.1) is 6.92 Å². The van der Waals surface area contributed by atoms with Crippen LogP contribution in [0.4, 0.5) is 5.69 Å². The molecule has 0 aliphatic rings. The van der Waals surface area contributed by atoms with Crippen molar-refractivity contribution in [3.63, 3.8) is 0 Å². The van der Waals surface area contributed by atoms with Crippen LogP contribution >= 0.6 is 11.6 Å². The third-order valence-electron chi connectivity index (χ3n) is 2.45. The van der Waals surface area contributed by atoms with Gasteiger partial charge in [-0.1, -0.05) is 0 Å². The molecule has 2 aromatic heterocycles. The summed E-state index contributed by atoms with van der Waals surface area (Å²) in [5.41, 5.74) is 1.49. The minimum Gasteiger partial charge on any atom is -0.318 e. The number of nitrogens with zero attached hydrogens (tertiary/aromatic N) is 4. The number of amides is 1. The molecular formula is C12H14ClN5O. The van der Waals surface area contributed by atoms with E-state index < -0.39 is 0 Å². The van der Waals surface area contributed by atoms with Gasteiger partial charge in [-0.25, -0.2) is 9.97 Å². The molecular weight excluding hydrogens is 266 g/mol. The molecule has 0 saturated heterocycles. The van der Waals surface area contributed by atoms with E-state index in [9.17, 15) is 4.79 Å². The van der Waals surface area contributed by atoms with E-state index in [1.54, 1.807) is 30.1 Å². The number of carbonyl (C=O) groups is 1. The maximum atomic E-state index is 12.0. The smallest absolute Gasteiger partial charge is 0.274 e. The van der Waals surface area contributed by atoms with Gasteiger partial charge in [0.15, 0.2) is 0 Å². The van der Waals surface area contributed by atoms with Crippen LogP contribution in [0.2, 0.25) is 5.28 Å². The summed E-state index contributed by atoms with van der Waals surface area (Å²) in [5.74, 6) is -0.337. The molecule has 0 fully saturated rings. The van der Waals surface area contributed by atoms with Crippen molar-refractivity contribution in [1.29, 1.82) is 0 Å². The molecule has 0 saturated carbocycles. The number of carbonyl (C=O) groups excluding carboxylic acids is 1. The largest absolute Gasteiger partial charge is 0.318 e. The normalized spacial score (nSPS) is 10.8. The first-order valence-electron chi connectivity index (χ1n) is 5.82. The first kappa shape index (κ1) is 13.5. The lowest BCUT2D eigenvalue weighted by Crippen LogP contribution is -2.14. The number of rotatable bonds is 3. The van der Waals surface area contributed by atoms with Crippen LogP contribution in [0.25, 0.3) is 0 Å². The van der Waals surface area contributed by atoms with Crippen molar-refractivity contribution in [3.8, 4) is 0 Å². The van der Waals surface area contributed by atoms with Gasteiger partial charge in [0.25, 0.3) is 5.91 Å². The lowest BCUT2D eigenvalue weighted by Gasteiger charge is -2.04. The molecule has 1 amide bonds. The SMILES string of the molecule is Cc1cc(C(=O)Nc2cnn(C(C)C)c2)nc(Cl)n1. The Labute approximate surface area is 115 Å². The lowest BCUT2D eigenvalue weighted by atomic mass is 10.3. The van der Waals surface area contributed by atoms with Crippen molar-refractivity contribution in [2.45, 2.75) is 26.8 Å². The van der Waals surface area contributed by atoms with Gasteiger partial charge in [-0.05, 0) is 38.4 Å². The second kappa shape index (κ2) is 5.36. The van der Waals surface area contributed by atoms with Gasteiger partial charge in [-0.3, -0.25) is 9.48 Å². The summed E-state index contributed by atoms with van der Waals surface area (Å²) < 4.78 is 1.76. The summed E-state index contributed by atoms with van der Waals surface area (Å²) in [5, 5.41) is 6.92. The topological polar surface area (TPSA) is 72.7 Å². The summed E-state index contributed by atoms with van der Waals surface area (Å²) in [6, 6.07) is 1.81. The molecule has 0 radical (unpaired) electrons. The van der Waals surface area contributed by atoms with E-state index in [1.165, 1.54) is 0 Å². The average molecular weight is 280 g/mol. The maximum Gasteiger partial charge on any atom is 0.274 e. The number of nitrogens with one attached hydrogen (secondary N) is 1. The zero-order valence-corrected chi connectivity index (χ0v) is 11.6. The maximum absolute atomic E-state index is 12.0. The summed E-state index contributed by atoms with van der Waals surface area (Å²) >= 11 is 5.72. The van der Waals surface area contributed by atoms with Crippen LogP contribution in [-0.2, 0) is 0 Å². The molecule has 19 heavy (non-hydrogen) atoms. The van der Waals surface area contributed by atoms with Gasteiger partial charge in [0.1, 0.15) is 5.69 Å². The molecule has 7 heteroatoms. The van der Waals surface area contributed by atoms with Gasteiger partial charge < -0.3 is 5.32 Å². The van der Waals surface area contributed by atoms with Gasteiger partial charge in [-0.15, -0.1) is 0 Å². The molecule has 2 rings (SSSR count). The van der Waals surface area contributed by atoms with Crippen LogP contribution in [0.5, 0.6) is 0 Å². The molecule has 0 aromatic carbocycles. The molecule has 1 N–H and O–H groups in total. The van der Waals surface area contributed by atoms with Gasteiger partial charge >= 0.3 is 0 Å². The zero-order chi connectivity index (χ0) is 14.0. The highest BCUT2D eigenvalue weighted by Crippen LogP contribution is 2.12. The Kier molecular flexibility index (Phi) is 3.80. The van der Waals surface area contributed by atoms with Crippen LogP contribution in [0.15, 0.2) is 18.5 Å². The second-order valence-electron chi connectivity index (χ2n) is 4.42. The molecule has 0 unspecified atom stereocenters. The van der Waals surface area contributed by atoms with Crippen LogP contribution < -0.4 is 5.32 Å². The quantitative estimate of drug-likeness (QED) is 0.876. The first-order valence-corrected chi connectivity index (χ1v) is 6.20. The fourth-order valence-electron chi connectivity index (χ4n) is 1.53. The minimum atomic E-state index is -0.337. The van der Waals surface area contributed by atoms with E-state index in [1.807, 2.05) is 13.8 Å². The Balaban J connectivity index is 2.15. The van der Waals surface area contributed by atoms with Gasteiger partial charge in [0.05, 0.1) is 11.9 Å². The molecule has 0 aliphatic heterocycles. The molecule has 6 nitrogen and oxygen atoms in total. The predicted octanol–water partition coefficient (Wildman–Crippen LogP) is 2.47. The molecule has 0 spiro atoms. The summed E-state index contributed by atoms with van der Waals surface area (Å²) in [6.07, 6.45) is 3.35. The third kappa shape index (κ3) is 3.29. The number of anilines is 1. The number of hydrogen-bond donors (Lipinski definition) is 1. The highest BCUT2D eigenvalue weighted by Gasteiger charge is 2.11. The minimum absolute atomic E-state index is 0.0584. The van der Waals surface area contributed by atoms with E-state index in [0.717, 1.165) is 0 Å². The van der Waals surface area contributed by atoms with E-state index in [0.29, 0.717) is 11.4 Å². The fourth-order valence-corrected chi connectivity index (χ4v) is 1.75. The van der Waals surface area contributed by atoms with Gasteiger partial charge in [0, 0.05) is 17.9 Å². The fraction of sp³-hybridized carbons (Fsp3) is 0.333. The average Bonchev–Trinajstić information content (AvgIpc) is 2.76. The monoisotopic (exact) mass is 279 g/mol. The van der Waals surface area contributed by atoms with Gasteiger partial charge in [-0.2, -0.15) is 5.10 Å². The van der Waals surface area contributed by atoms with E-state index in [-0.39, 0.29) is 22.9 Å². The molecule has 2 heterocycles. The van der Waals surface area contributed by atoms with Crippen molar-refractivity contribution >= 4 is 23.2 Å². The number of hydrogen-bond acceptors (Lipinski definition) is 4. The summed E-state index contributed by atoms with van der Waals surface area (Å²) in [4.78, 5) is 19.8. The van der Waals surface area contributed by atoms with Crippen molar-refractivity contribution in [1.82, 2.24) is 19.7 Å². The van der Waals surface area contributed by atoms with Crippen molar-refractivity contribution in [2.24, 2.45) is 0 Å². The Morgan fingerprint density at radius 2 is 2.16 bits per heavy atom. The van der Waals surface area contributed by atoms with Crippen LogP contribution in [-0.4, -0.2) is 25.7 Å². The Morgan fingerprint density at radius 1 is 1.42 bits per heavy atom. The molecule has 0 aliphatic carbocycles. The highest BCUT2D eigenvalue weighted by atomic mass is 35.5. The molecule has 100 valence electrons. The van der Waals surface area contributed by atoms with Crippen molar-refractivity contribution in [3.05, 3.63) is 35.1 Å². The first-order chi connectivity index (χ1) is 8.95. The third-order valence-corrected chi connectivity index (χ3v) is 2.62. The number of halogens is 1. The zero-order valence-electron chi connectivity index (χ0n) is 10.9. The number of aromatic nitrogens is 4. The van der Waals surface area contributed by atoms with E-state index in [2.05, 4.69) is 20.4 Å². The Bertz CT molecular complexity index is 588. The van der Waals surface area contributed by atoms with E-state index >= 15 is 0 Å². The van der Waals surface area contributed by atoms with Gasteiger partial charge in [0.2, 0.25) is 5.28 Å². The molecule has 0 bridgehead atoms. The second-order valence-corrected chi connectivity index (χ2v) is 4.76. The molecule has 0 atom stereocenters.